The molecular formula is C67H130O17P2. The van der Waals surface area contributed by atoms with Gasteiger partial charge in [-0.2, -0.15) is 0 Å². The lowest BCUT2D eigenvalue weighted by Gasteiger charge is -2.21. The third-order valence-corrected chi connectivity index (χ3v) is 17.4. The van der Waals surface area contributed by atoms with Crippen molar-refractivity contribution in [1.82, 2.24) is 0 Å². The normalized spacial score (nSPS) is 14.2. The molecule has 0 aliphatic rings. The van der Waals surface area contributed by atoms with Gasteiger partial charge in [-0.05, 0) is 31.6 Å². The Hall–Kier alpha value is -1.94. The van der Waals surface area contributed by atoms with Gasteiger partial charge < -0.3 is 33.8 Å². The van der Waals surface area contributed by atoms with Gasteiger partial charge in [0.2, 0.25) is 0 Å². The Morgan fingerprint density at radius 2 is 0.535 bits per heavy atom. The first-order valence-electron chi connectivity index (χ1n) is 35.1. The monoisotopic (exact) mass is 1270 g/mol. The first kappa shape index (κ1) is 84.1. The Labute approximate surface area is 524 Å². The molecule has 0 aromatic carbocycles. The third kappa shape index (κ3) is 60.9. The highest BCUT2D eigenvalue weighted by Gasteiger charge is 2.30. The fourth-order valence-corrected chi connectivity index (χ4v) is 11.7. The zero-order chi connectivity index (χ0) is 63.5. The Kier molecular flexibility index (Phi) is 59.2. The van der Waals surface area contributed by atoms with Crippen LogP contribution in [0.5, 0.6) is 0 Å². The van der Waals surface area contributed by atoms with E-state index in [0.717, 1.165) is 103 Å². The molecule has 0 aromatic rings. The number of ether oxygens (including phenoxy) is 4. The van der Waals surface area contributed by atoms with Gasteiger partial charge >= 0.3 is 39.5 Å². The largest absolute Gasteiger partial charge is 0.472 e. The van der Waals surface area contributed by atoms with Crippen molar-refractivity contribution in [3.8, 4) is 0 Å². The molecule has 86 heavy (non-hydrogen) atoms. The molecule has 3 N–H and O–H groups in total. The fourth-order valence-electron chi connectivity index (χ4n) is 10.1. The molecule has 0 radical (unpaired) electrons. The summed E-state index contributed by atoms with van der Waals surface area (Å²) in [7, 11) is -9.89. The molecule has 0 aliphatic heterocycles. The van der Waals surface area contributed by atoms with E-state index in [4.69, 9.17) is 37.0 Å². The van der Waals surface area contributed by atoms with Crippen LogP contribution in [-0.2, 0) is 65.4 Å². The summed E-state index contributed by atoms with van der Waals surface area (Å²) in [5.74, 6) is -1.44. The zero-order valence-electron chi connectivity index (χ0n) is 55.4. The molecule has 0 spiro atoms. The molecule has 0 heterocycles. The van der Waals surface area contributed by atoms with Gasteiger partial charge in [0.15, 0.2) is 12.2 Å². The summed E-state index contributed by atoms with van der Waals surface area (Å²) >= 11 is 0. The number of aliphatic hydroxyl groups excluding tert-OH is 1. The summed E-state index contributed by atoms with van der Waals surface area (Å²) in [5.41, 5.74) is 0. The van der Waals surface area contributed by atoms with Crippen LogP contribution in [0.25, 0.3) is 0 Å². The first-order valence-corrected chi connectivity index (χ1v) is 38.1. The van der Waals surface area contributed by atoms with Crippen LogP contribution in [0.4, 0.5) is 0 Å². The van der Waals surface area contributed by atoms with Gasteiger partial charge in [0.05, 0.1) is 26.4 Å². The van der Waals surface area contributed by atoms with Crippen molar-refractivity contribution < 1.29 is 80.2 Å². The second-order valence-electron chi connectivity index (χ2n) is 24.7. The van der Waals surface area contributed by atoms with E-state index in [9.17, 15) is 43.2 Å². The minimum Gasteiger partial charge on any atom is -0.462 e. The number of esters is 4. The quantitative estimate of drug-likeness (QED) is 0.0222. The van der Waals surface area contributed by atoms with E-state index >= 15 is 0 Å². The van der Waals surface area contributed by atoms with Crippen molar-refractivity contribution >= 4 is 39.5 Å². The second-order valence-corrected chi connectivity index (χ2v) is 27.6. The highest BCUT2D eigenvalue weighted by atomic mass is 31.2. The molecule has 5 atom stereocenters. The maximum atomic E-state index is 13.0. The van der Waals surface area contributed by atoms with Gasteiger partial charge in [-0.3, -0.25) is 37.3 Å². The lowest BCUT2D eigenvalue weighted by Crippen LogP contribution is -2.30. The van der Waals surface area contributed by atoms with Crippen molar-refractivity contribution in [1.29, 1.82) is 0 Å². The minimum absolute atomic E-state index is 0.103. The van der Waals surface area contributed by atoms with Crippen LogP contribution in [0, 0.1) is 5.92 Å². The molecule has 2 unspecified atom stereocenters. The minimum atomic E-state index is -4.95. The fraction of sp³-hybridized carbons (Fsp3) is 0.940. The average molecular weight is 1270 g/mol. The standard InChI is InChI=1S/C67H130O17P2/c1-6-9-12-15-18-20-22-24-26-28-30-32-37-42-47-52-66(71)83-63(57-78-65(70)51-46-41-36-31-29-27-25-23-21-19-16-13-10-7-2)59-82-86(75,76)80-55-61(68)54-79-85(73,74)81-58-62(56-77-64(69)50-45-40-34-17-14-11-8-3)84-67(72)53-48-43-38-33-35-39-44-49-60(4)5/h60-63,68H,6-59H2,1-5H3,(H,73,74)(H,75,76)/t61-,62+,63+/m0/s1. The van der Waals surface area contributed by atoms with Crippen LogP contribution < -0.4 is 0 Å². The van der Waals surface area contributed by atoms with Crippen molar-refractivity contribution in [2.24, 2.45) is 5.92 Å². The third-order valence-electron chi connectivity index (χ3n) is 15.5. The summed E-state index contributed by atoms with van der Waals surface area (Å²) in [6.07, 6.45) is 46.0. The summed E-state index contributed by atoms with van der Waals surface area (Å²) in [6, 6.07) is 0. The summed E-state index contributed by atoms with van der Waals surface area (Å²) in [5, 5.41) is 10.5. The average Bonchev–Trinajstić information content (AvgIpc) is 3.49. The van der Waals surface area contributed by atoms with E-state index in [-0.39, 0.29) is 25.7 Å². The van der Waals surface area contributed by atoms with Crippen molar-refractivity contribution in [3.63, 3.8) is 0 Å². The van der Waals surface area contributed by atoms with Crippen molar-refractivity contribution in [2.45, 2.75) is 361 Å². The van der Waals surface area contributed by atoms with Crippen LogP contribution in [0.15, 0.2) is 0 Å². The molecule has 19 heteroatoms. The van der Waals surface area contributed by atoms with Gasteiger partial charge in [0, 0.05) is 25.7 Å². The number of aliphatic hydroxyl groups is 1. The molecular weight excluding hydrogens is 1140 g/mol. The second kappa shape index (κ2) is 60.6. The number of carbonyl (C=O) groups is 4. The lowest BCUT2D eigenvalue weighted by atomic mass is 10.0. The first-order chi connectivity index (χ1) is 41.5. The molecule has 0 saturated carbocycles. The Morgan fingerprint density at radius 3 is 0.791 bits per heavy atom. The Bertz CT molecular complexity index is 1670. The van der Waals surface area contributed by atoms with Crippen LogP contribution >= 0.6 is 15.6 Å². The van der Waals surface area contributed by atoms with Crippen molar-refractivity contribution in [2.75, 3.05) is 39.6 Å². The van der Waals surface area contributed by atoms with Crippen molar-refractivity contribution in [3.05, 3.63) is 0 Å². The molecule has 0 fully saturated rings. The van der Waals surface area contributed by atoms with Gasteiger partial charge in [0.25, 0.3) is 0 Å². The Balaban J connectivity index is 5.20. The Morgan fingerprint density at radius 1 is 0.314 bits per heavy atom. The SMILES string of the molecule is CCCCCCCCCCCCCCCCCC(=O)O[C@H](COC(=O)CCCCCCCCCCCCCCCC)COP(=O)(O)OC[C@@H](O)COP(=O)(O)OC[C@@H](COC(=O)CCCCCCCCC)OC(=O)CCCCCCCCCC(C)C. The van der Waals surface area contributed by atoms with Crippen LogP contribution in [-0.4, -0.2) is 96.7 Å². The van der Waals surface area contributed by atoms with Gasteiger partial charge in [0.1, 0.15) is 19.3 Å². The molecule has 0 bridgehead atoms. The number of rotatable bonds is 67. The maximum absolute atomic E-state index is 13.0. The number of phosphoric acid groups is 2. The molecule has 510 valence electrons. The van der Waals surface area contributed by atoms with Crippen LogP contribution in [0.1, 0.15) is 343 Å². The van der Waals surface area contributed by atoms with E-state index in [0.29, 0.717) is 31.6 Å². The van der Waals surface area contributed by atoms with E-state index < -0.39 is 97.5 Å². The highest BCUT2D eigenvalue weighted by Crippen LogP contribution is 2.45. The van der Waals surface area contributed by atoms with E-state index in [1.165, 1.54) is 154 Å². The smallest absolute Gasteiger partial charge is 0.462 e. The highest BCUT2D eigenvalue weighted by molar-refractivity contribution is 7.47. The number of hydrogen-bond donors (Lipinski definition) is 3. The number of carbonyl (C=O) groups excluding carboxylic acids is 4. The van der Waals surface area contributed by atoms with E-state index in [1.54, 1.807) is 0 Å². The van der Waals surface area contributed by atoms with Gasteiger partial charge in [-0.25, -0.2) is 9.13 Å². The molecule has 0 rings (SSSR count). The van der Waals surface area contributed by atoms with E-state index in [1.807, 2.05) is 0 Å². The predicted molar refractivity (Wildman–Crippen MR) is 345 cm³/mol. The number of phosphoric ester groups is 2. The number of hydrogen-bond acceptors (Lipinski definition) is 15. The van der Waals surface area contributed by atoms with Crippen LogP contribution in [0.3, 0.4) is 0 Å². The molecule has 0 aliphatic carbocycles. The maximum Gasteiger partial charge on any atom is 0.472 e. The van der Waals surface area contributed by atoms with Gasteiger partial charge in [-0.1, -0.05) is 291 Å². The lowest BCUT2D eigenvalue weighted by molar-refractivity contribution is -0.161. The summed E-state index contributed by atoms with van der Waals surface area (Å²) < 4.78 is 68.0. The topological polar surface area (TPSA) is 237 Å². The molecule has 17 nitrogen and oxygen atoms in total. The number of unbranched alkanes of at least 4 members (excludes halogenated alkanes) is 39. The van der Waals surface area contributed by atoms with Crippen LogP contribution in [0.2, 0.25) is 0 Å². The zero-order valence-corrected chi connectivity index (χ0v) is 57.2. The predicted octanol–water partition coefficient (Wildman–Crippen LogP) is 19.0. The molecule has 0 saturated heterocycles. The summed E-state index contributed by atoms with van der Waals surface area (Å²) in [4.78, 5) is 72.2. The van der Waals surface area contributed by atoms with Gasteiger partial charge in [-0.15, -0.1) is 0 Å². The molecule has 0 amide bonds. The van der Waals surface area contributed by atoms with E-state index in [2.05, 4.69) is 34.6 Å². The summed E-state index contributed by atoms with van der Waals surface area (Å²) in [6.45, 7) is 7.12. The molecule has 0 aromatic heterocycles.